The molecule has 3 aromatic heterocycles. The summed E-state index contributed by atoms with van der Waals surface area (Å²) in [5.41, 5.74) is 10.5. The van der Waals surface area contributed by atoms with Gasteiger partial charge in [0.15, 0.2) is 0 Å². The molecule has 4 nitrogen and oxygen atoms in total. The first-order valence-corrected chi connectivity index (χ1v) is 17.1. The van der Waals surface area contributed by atoms with Gasteiger partial charge in [-0.1, -0.05) is 91.0 Å². The van der Waals surface area contributed by atoms with Crippen LogP contribution in [-0.4, -0.2) is 14.5 Å². The molecule has 0 saturated carbocycles. The Morgan fingerprint density at radius 1 is 0.451 bits per heavy atom. The highest BCUT2D eigenvalue weighted by Crippen LogP contribution is 2.47. The Balaban J connectivity index is 1.17. The molecule has 234 valence electrons. The van der Waals surface area contributed by atoms with Gasteiger partial charge in [0.2, 0.25) is 0 Å². The maximum Gasteiger partial charge on any atom is 0.0998 e. The highest BCUT2D eigenvalue weighted by Gasteiger charge is 2.22. The van der Waals surface area contributed by atoms with Crippen molar-refractivity contribution in [3.63, 3.8) is 0 Å². The van der Waals surface area contributed by atoms with Crippen LogP contribution in [-0.2, 0) is 0 Å². The van der Waals surface area contributed by atoms with E-state index in [0.717, 1.165) is 50.0 Å². The number of aromatic nitrogens is 3. The molecular weight excluding hydrogens is 621 g/mol. The molecule has 0 atom stereocenters. The quantitative estimate of drug-likeness (QED) is 0.179. The Morgan fingerprint density at radius 2 is 1.02 bits per heavy atom. The molecule has 8 aromatic carbocycles. The zero-order valence-corrected chi connectivity index (χ0v) is 27.3. The first kappa shape index (κ1) is 27.8. The summed E-state index contributed by atoms with van der Waals surface area (Å²) in [6.07, 6.45) is 3.62. The van der Waals surface area contributed by atoms with Crippen molar-refractivity contribution in [2.75, 3.05) is 0 Å². The van der Waals surface area contributed by atoms with Crippen LogP contribution in [0.5, 0.6) is 0 Å². The summed E-state index contributed by atoms with van der Waals surface area (Å²) in [5.74, 6) is 0. The van der Waals surface area contributed by atoms with Crippen molar-refractivity contribution >= 4 is 64.9 Å². The summed E-state index contributed by atoms with van der Waals surface area (Å²) in [6.45, 7) is 0. The fourth-order valence-corrected chi connectivity index (χ4v) is 8.47. The van der Waals surface area contributed by atoms with Gasteiger partial charge in [0.05, 0.1) is 34.1 Å². The van der Waals surface area contributed by atoms with E-state index >= 15 is 0 Å². The molecule has 0 unspecified atom stereocenters. The molecule has 4 heteroatoms. The molecule has 3 heterocycles. The van der Waals surface area contributed by atoms with Crippen LogP contribution in [0.15, 0.2) is 158 Å². The molecular formula is C47H26N4. The second-order valence-corrected chi connectivity index (χ2v) is 13.3. The number of nitriles is 1. The zero-order valence-electron chi connectivity index (χ0n) is 27.3. The van der Waals surface area contributed by atoms with Crippen LogP contribution < -0.4 is 0 Å². The molecule has 0 radical (unpaired) electrons. The van der Waals surface area contributed by atoms with E-state index in [1.807, 2.05) is 36.7 Å². The molecule has 0 N–H and O–H groups in total. The van der Waals surface area contributed by atoms with Crippen molar-refractivity contribution < 1.29 is 0 Å². The normalized spacial score (nSPS) is 11.9. The summed E-state index contributed by atoms with van der Waals surface area (Å²) >= 11 is 0. The predicted molar refractivity (Wildman–Crippen MR) is 210 cm³/mol. The van der Waals surface area contributed by atoms with Gasteiger partial charge in [0.25, 0.3) is 0 Å². The number of benzene rings is 8. The third kappa shape index (κ3) is 3.89. The number of para-hydroxylation sites is 1. The van der Waals surface area contributed by atoms with Gasteiger partial charge in [-0.15, -0.1) is 0 Å². The molecule has 11 aromatic rings. The summed E-state index contributed by atoms with van der Waals surface area (Å²) in [4.78, 5) is 9.31. The van der Waals surface area contributed by atoms with E-state index in [0.29, 0.717) is 5.56 Å². The van der Waals surface area contributed by atoms with Crippen LogP contribution in [0.2, 0.25) is 0 Å². The van der Waals surface area contributed by atoms with Gasteiger partial charge in [-0.3, -0.25) is 4.98 Å². The fourth-order valence-electron chi connectivity index (χ4n) is 8.47. The molecule has 0 aliphatic heterocycles. The van der Waals surface area contributed by atoms with Crippen LogP contribution in [0.3, 0.4) is 0 Å². The first-order valence-electron chi connectivity index (χ1n) is 17.1. The third-order valence-corrected chi connectivity index (χ3v) is 10.7. The summed E-state index contributed by atoms with van der Waals surface area (Å²) in [5, 5.41) is 21.9. The number of hydrogen-bond donors (Lipinski definition) is 0. The Hall–Kier alpha value is -7.09. The van der Waals surface area contributed by atoms with Crippen molar-refractivity contribution in [3.05, 3.63) is 164 Å². The van der Waals surface area contributed by atoms with Crippen LogP contribution >= 0.6 is 0 Å². The van der Waals surface area contributed by atoms with Gasteiger partial charge in [-0.25, -0.2) is 4.98 Å². The minimum atomic E-state index is 0.696. The van der Waals surface area contributed by atoms with Gasteiger partial charge >= 0.3 is 0 Å². The van der Waals surface area contributed by atoms with E-state index in [1.165, 1.54) is 54.2 Å². The smallest absolute Gasteiger partial charge is 0.0998 e. The summed E-state index contributed by atoms with van der Waals surface area (Å²) < 4.78 is 2.33. The lowest BCUT2D eigenvalue weighted by Gasteiger charge is -2.17. The van der Waals surface area contributed by atoms with Crippen LogP contribution in [0, 0.1) is 11.3 Å². The maximum atomic E-state index is 10.1. The molecule has 0 fully saturated rings. The largest absolute Gasteiger partial charge is 0.309 e. The standard InChI is InChI=1S/C47H26N4/c48-27-31-13-21-42-46-33(31)18-19-38-35(20-22-43(47(38)46)51(42)32-5-2-1-3-6-32)34-14-9-29-12-17-39-36(15-10-30-11-16-37(34)44(29)45(30)39)41-8-4-7-40(50-41)28-23-25-49-26-24-28/h1-26H. The Morgan fingerprint density at radius 3 is 1.76 bits per heavy atom. The van der Waals surface area contributed by atoms with Crippen molar-refractivity contribution in [2.45, 2.75) is 0 Å². The van der Waals surface area contributed by atoms with Crippen molar-refractivity contribution in [3.8, 4) is 45.4 Å². The van der Waals surface area contributed by atoms with Crippen molar-refractivity contribution in [2.24, 2.45) is 0 Å². The second kappa shape index (κ2) is 10.5. The zero-order chi connectivity index (χ0) is 33.6. The molecule has 0 spiro atoms. The number of nitrogens with zero attached hydrogens (tertiary/aromatic N) is 4. The highest BCUT2D eigenvalue weighted by atomic mass is 15.0. The number of hydrogen-bond acceptors (Lipinski definition) is 3. The monoisotopic (exact) mass is 646 g/mol. The van der Waals surface area contributed by atoms with Crippen LogP contribution in [0.25, 0.3) is 104 Å². The highest BCUT2D eigenvalue weighted by molar-refractivity contribution is 6.31. The van der Waals surface area contributed by atoms with Gasteiger partial charge in [0, 0.05) is 45.4 Å². The van der Waals surface area contributed by atoms with Gasteiger partial charge in [-0.2, -0.15) is 5.26 Å². The van der Waals surface area contributed by atoms with Crippen LogP contribution in [0.4, 0.5) is 0 Å². The Kier molecular flexibility index (Phi) is 5.70. The summed E-state index contributed by atoms with van der Waals surface area (Å²) in [6, 6.07) is 54.2. The molecule has 51 heavy (non-hydrogen) atoms. The number of rotatable bonds is 4. The van der Waals surface area contributed by atoms with Crippen LogP contribution in [0.1, 0.15) is 5.56 Å². The van der Waals surface area contributed by atoms with Crippen molar-refractivity contribution in [1.82, 2.24) is 14.5 Å². The fraction of sp³-hybridized carbons (Fsp3) is 0. The molecule has 0 amide bonds. The van der Waals surface area contributed by atoms with E-state index < -0.39 is 0 Å². The number of pyridine rings is 2. The predicted octanol–water partition coefficient (Wildman–Crippen LogP) is 11.9. The summed E-state index contributed by atoms with van der Waals surface area (Å²) in [7, 11) is 0. The van der Waals surface area contributed by atoms with E-state index in [9.17, 15) is 5.26 Å². The average Bonchev–Trinajstić information content (AvgIpc) is 3.55. The molecule has 11 rings (SSSR count). The minimum absolute atomic E-state index is 0.696. The molecule has 0 bridgehead atoms. The topological polar surface area (TPSA) is 54.5 Å². The van der Waals surface area contributed by atoms with Gasteiger partial charge in [0.1, 0.15) is 0 Å². The van der Waals surface area contributed by atoms with Gasteiger partial charge < -0.3 is 4.57 Å². The van der Waals surface area contributed by atoms with E-state index in [-0.39, 0.29) is 0 Å². The lowest BCUT2D eigenvalue weighted by Crippen LogP contribution is -1.93. The Bertz CT molecular complexity index is 3190. The van der Waals surface area contributed by atoms with E-state index in [2.05, 4.69) is 137 Å². The Labute approximate surface area is 292 Å². The van der Waals surface area contributed by atoms with E-state index in [1.54, 1.807) is 0 Å². The van der Waals surface area contributed by atoms with Gasteiger partial charge in [-0.05, 0) is 103 Å². The molecule has 0 aliphatic rings. The SMILES string of the molecule is N#Cc1ccc2c3c1ccc1c(-c4ccc5ccc6c(-c7cccc(-c8ccncc8)n7)ccc7ccc4c5c76)ccc(c13)n2-c1ccccc1. The second-order valence-electron chi connectivity index (χ2n) is 13.3. The lowest BCUT2D eigenvalue weighted by molar-refractivity contribution is 1.18. The minimum Gasteiger partial charge on any atom is -0.309 e. The molecule has 0 saturated heterocycles. The molecule has 0 aliphatic carbocycles. The van der Waals surface area contributed by atoms with Crippen molar-refractivity contribution in [1.29, 1.82) is 5.26 Å². The van der Waals surface area contributed by atoms with E-state index in [4.69, 9.17) is 4.98 Å². The average molecular weight is 647 g/mol. The maximum absolute atomic E-state index is 10.1. The third-order valence-electron chi connectivity index (χ3n) is 10.7. The first-order chi connectivity index (χ1) is 25.3. The lowest BCUT2D eigenvalue weighted by atomic mass is 9.86.